The number of piperidine rings is 1. The summed E-state index contributed by atoms with van der Waals surface area (Å²) in [6.45, 7) is 5.72. The van der Waals surface area contributed by atoms with E-state index >= 15 is 0 Å². The molecule has 0 aromatic carbocycles. The van der Waals surface area contributed by atoms with Crippen LogP contribution in [0.25, 0.3) is 0 Å². The minimum atomic E-state index is -0.405. The lowest BCUT2D eigenvalue weighted by atomic mass is 9.77. The summed E-state index contributed by atoms with van der Waals surface area (Å²) in [7, 11) is 0. The van der Waals surface area contributed by atoms with Gasteiger partial charge in [0.15, 0.2) is 11.6 Å². The van der Waals surface area contributed by atoms with Crippen LogP contribution in [0.15, 0.2) is 11.0 Å². The number of aryl methyl sites for hydroxylation is 1. The van der Waals surface area contributed by atoms with E-state index in [9.17, 15) is 9.18 Å². The molecule has 2 aromatic heterocycles. The van der Waals surface area contributed by atoms with E-state index in [1.807, 2.05) is 11.8 Å². The van der Waals surface area contributed by atoms with Crippen LogP contribution in [0.3, 0.4) is 0 Å². The highest BCUT2D eigenvalue weighted by atomic mass is 19.1. The number of fused-ring (bicyclic) bond motifs is 2. The molecule has 1 N–H and O–H groups in total. The Bertz CT molecular complexity index is 989. The number of aromatic nitrogens is 4. The summed E-state index contributed by atoms with van der Waals surface area (Å²) in [6.07, 6.45) is 4.86. The normalized spacial score (nSPS) is 24.2. The Morgan fingerprint density at radius 1 is 1.17 bits per heavy atom. The Balaban J connectivity index is 1.46. The molecule has 2 fully saturated rings. The zero-order valence-electron chi connectivity index (χ0n) is 16.6. The molecule has 1 atom stereocenters. The topological polar surface area (TPSA) is 87.2 Å². The lowest BCUT2D eigenvalue weighted by Gasteiger charge is -2.40. The molecule has 29 heavy (non-hydrogen) atoms. The summed E-state index contributed by atoms with van der Waals surface area (Å²) >= 11 is 0. The first-order chi connectivity index (χ1) is 14.1. The van der Waals surface area contributed by atoms with Crippen molar-refractivity contribution in [3.8, 4) is 0 Å². The molecule has 4 heterocycles. The third-order valence-corrected chi connectivity index (χ3v) is 6.37. The maximum Gasteiger partial charge on any atom is 0.254 e. The van der Waals surface area contributed by atoms with Crippen LogP contribution < -0.4 is 15.4 Å². The van der Waals surface area contributed by atoms with E-state index in [0.717, 1.165) is 43.5 Å². The molecular formula is C20H25FN6O2. The molecule has 1 spiro atoms. The van der Waals surface area contributed by atoms with Crippen LogP contribution in [0, 0.1) is 12.7 Å². The van der Waals surface area contributed by atoms with Gasteiger partial charge in [-0.25, -0.2) is 14.4 Å². The number of hydrogen-bond donors (Lipinski definition) is 1. The number of ether oxygens (including phenoxy) is 1. The molecule has 8 nitrogen and oxygen atoms in total. The molecule has 9 heteroatoms. The van der Waals surface area contributed by atoms with Gasteiger partial charge in [0, 0.05) is 37.2 Å². The minimum absolute atomic E-state index is 0.0193. The maximum absolute atomic E-state index is 14.4. The Kier molecular flexibility index (Phi) is 4.49. The standard InChI is InChI=1S/C20H25FN6O2/c1-13-23-16-14(18(28)24-13)3-5-20(16)4-2-6-27(12-20)19-22-11-15(21)17(25-19)26-7-9-29-10-8-26/h11H,2-10,12H2,1H3,(H,23,24,28). The van der Waals surface area contributed by atoms with Crippen molar-refractivity contribution >= 4 is 11.8 Å². The Morgan fingerprint density at radius 2 is 2.00 bits per heavy atom. The average molecular weight is 400 g/mol. The quantitative estimate of drug-likeness (QED) is 0.814. The number of H-pyrrole nitrogens is 1. The molecule has 1 unspecified atom stereocenters. The predicted octanol–water partition coefficient (Wildman–Crippen LogP) is 1.33. The predicted molar refractivity (Wildman–Crippen MR) is 106 cm³/mol. The first-order valence-corrected chi connectivity index (χ1v) is 10.3. The van der Waals surface area contributed by atoms with Gasteiger partial charge < -0.3 is 19.5 Å². The molecule has 154 valence electrons. The van der Waals surface area contributed by atoms with Crippen molar-refractivity contribution in [2.75, 3.05) is 49.2 Å². The van der Waals surface area contributed by atoms with E-state index < -0.39 is 5.82 Å². The molecule has 0 saturated carbocycles. The summed E-state index contributed by atoms with van der Waals surface area (Å²) in [5, 5.41) is 0. The molecule has 0 radical (unpaired) electrons. The van der Waals surface area contributed by atoms with Crippen LogP contribution in [0.2, 0.25) is 0 Å². The molecule has 1 aliphatic carbocycles. The summed E-state index contributed by atoms with van der Waals surface area (Å²) in [5.41, 5.74) is 1.56. The average Bonchev–Trinajstić information content (AvgIpc) is 3.07. The number of halogens is 1. The highest BCUT2D eigenvalue weighted by Gasteiger charge is 2.45. The number of nitrogens with zero attached hydrogens (tertiary/aromatic N) is 5. The van der Waals surface area contributed by atoms with E-state index in [2.05, 4.69) is 19.9 Å². The monoisotopic (exact) mass is 400 g/mol. The zero-order valence-corrected chi connectivity index (χ0v) is 16.6. The highest BCUT2D eigenvalue weighted by molar-refractivity contribution is 5.47. The second-order valence-electron chi connectivity index (χ2n) is 8.22. The zero-order chi connectivity index (χ0) is 20.0. The third-order valence-electron chi connectivity index (χ3n) is 6.37. The molecule has 3 aliphatic rings. The van der Waals surface area contributed by atoms with Crippen LogP contribution in [0.1, 0.15) is 36.3 Å². The summed E-state index contributed by atoms with van der Waals surface area (Å²) in [6, 6.07) is 0. The fraction of sp³-hybridized carbons (Fsp3) is 0.600. The van der Waals surface area contributed by atoms with Crippen molar-refractivity contribution in [3.63, 3.8) is 0 Å². The number of morpholine rings is 1. The lowest BCUT2D eigenvalue weighted by molar-refractivity contribution is 0.122. The van der Waals surface area contributed by atoms with E-state index in [4.69, 9.17) is 9.72 Å². The largest absolute Gasteiger partial charge is 0.378 e. The fourth-order valence-corrected chi connectivity index (χ4v) is 4.96. The summed E-state index contributed by atoms with van der Waals surface area (Å²) in [4.78, 5) is 32.8. The maximum atomic E-state index is 14.4. The van der Waals surface area contributed by atoms with Gasteiger partial charge in [0.05, 0.1) is 25.1 Å². The van der Waals surface area contributed by atoms with Crippen molar-refractivity contribution in [2.24, 2.45) is 0 Å². The molecule has 0 bridgehead atoms. The van der Waals surface area contributed by atoms with Crippen molar-refractivity contribution < 1.29 is 9.13 Å². The van der Waals surface area contributed by atoms with Crippen LogP contribution >= 0.6 is 0 Å². The number of aromatic amines is 1. The van der Waals surface area contributed by atoms with Crippen molar-refractivity contribution in [1.82, 2.24) is 19.9 Å². The van der Waals surface area contributed by atoms with Gasteiger partial charge in [0.25, 0.3) is 5.56 Å². The number of nitrogens with one attached hydrogen (secondary N) is 1. The third kappa shape index (κ3) is 3.17. The van der Waals surface area contributed by atoms with Gasteiger partial charge in [-0.3, -0.25) is 4.79 Å². The molecule has 5 rings (SSSR count). The summed E-state index contributed by atoms with van der Waals surface area (Å²) < 4.78 is 19.8. The van der Waals surface area contributed by atoms with E-state index in [1.165, 1.54) is 6.20 Å². The fourth-order valence-electron chi connectivity index (χ4n) is 4.96. The number of rotatable bonds is 2. The number of anilines is 2. The Labute approximate surface area is 168 Å². The Hall–Kier alpha value is -2.55. The van der Waals surface area contributed by atoms with E-state index in [-0.39, 0.29) is 11.0 Å². The van der Waals surface area contributed by atoms with E-state index in [1.54, 1.807) is 0 Å². The first-order valence-electron chi connectivity index (χ1n) is 10.3. The van der Waals surface area contributed by atoms with Crippen molar-refractivity contribution in [1.29, 1.82) is 0 Å². The Morgan fingerprint density at radius 3 is 2.83 bits per heavy atom. The smallest absolute Gasteiger partial charge is 0.254 e. The molecule has 0 amide bonds. The van der Waals surface area contributed by atoms with Gasteiger partial charge in [-0.1, -0.05) is 0 Å². The van der Waals surface area contributed by atoms with E-state index in [0.29, 0.717) is 50.4 Å². The SMILES string of the molecule is Cc1nc2c(c(=O)[nH]1)CCC21CCCN(c2ncc(F)c(N3CCOCC3)n2)C1. The minimum Gasteiger partial charge on any atom is -0.378 e. The highest BCUT2D eigenvalue weighted by Crippen LogP contribution is 2.43. The molecule has 2 saturated heterocycles. The number of hydrogen-bond acceptors (Lipinski definition) is 7. The second-order valence-corrected chi connectivity index (χ2v) is 8.22. The van der Waals surface area contributed by atoms with Gasteiger partial charge in [-0.15, -0.1) is 0 Å². The van der Waals surface area contributed by atoms with Gasteiger partial charge in [0.2, 0.25) is 5.95 Å². The van der Waals surface area contributed by atoms with Crippen LogP contribution in [0.4, 0.5) is 16.2 Å². The van der Waals surface area contributed by atoms with Gasteiger partial charge in [-0.2, -0.15) is 4.98 Å². The first kappa shape index (κ1) is 18.5. The molecule has 2 aromatic rings. The van der Waals surface area contributed by atoms with Gasteiger partial charge in [0.1, 0.15) is 5.82 Å². The van der Waals surface area contributed by atoms with Gasteiger partial charge >= 0.3 is 0 Å². The van der Waals surface area contributed by atoms with Gasteiger partial charge in [-0.05, 0) is 32.6 Å². The van der Waals surface area contributed by atoms with Crippen molar-refractivity contribution in [2.45, 2.75) is 38.0 Å². The van der Waals surface area contributed by atoms with Crippen LogP contribution in [-0.4, -0.2) is 59.3 Å². The summed E-state index contributed by atoms with van der Waals surface area (Å²) in [5.74, 6) is 1.13. The molecule has 2 aliphatic heterocycles. The van der Waals surface area contributed by atoms with Crippen LogP contribution in [0.5, 0.6) is 0 Å². The lowest BCUT2D eigenvalue weighted by Crippen LogP contribution is -2.46. The molecular weight excluding hydrogens is 375 g/mol. The van der Waals surface area contributed by atoms with Crippen molar-refractivity contribution in [3.05, 3.63) is 39.4 Å². The van der Waals surface area contributed by atoms with Crippen LogP contribution in [-0.2, 0) is 16.6 Å². The second kappa shape index (κ2) is 7.05.